The topological polar surface area (TPSA) is 34.1 Å². The molecule has 0 N–H and O–H groups in total. The van der Waals surface area contributed by atoms with Crippen molar-refractivity contribution in [3.8, 4) is 11.5 Å². The Labute approximate surface area is 171 Å². The van der Waals surface area contributed by atoms with Gasteiger partial charge in [0.05, 0.1) is 32.2 Å². The molecular weight excluding hydrogens is 360 g/mol. The number of hydrogen-bond donors (Lipinski definition) is 0. The SMILES string of the molecule is COc1ccc(C=CC2=NN(c3ccccc3)C[C@@H]2c2ccc(OC)cc2)cc1. The van der Waals surface area contributed by atoms with E-state index >= 15 is 0 Å². The summed E-state index contributed by atoms with van der Waals surface area (Å²) >= 11 is 0. The van der Waals surface area contributed by atoms with Gasteiger partial charge >= 0.3 is 0 Å². The van der Waals surface area contributed by atoms with Gasteiger partial charge in [-0.15, -0.1) is 0 Å². The summed E-state index contributed by atoms with van der Waals surface area (Å²) in [5, 5.41) is 6.99. The number of hydrazone groups is 1. The lowest BCUT2D eigenvalue weighted by Gasteiger charge is -2.16. The smallest absolute Gasteiger partial charge is 0.118 e. The Bertz CT molecular complexity index is 993. The molecule has 0 unspecified atom stereocenters. The van der Waals surface area contributed by atoms with Crippen LogP contribution in [0.2, 0.25) is 0 Å². The van der Waals surface area contributed by atoms with Gasteiger partial charge in [0.1, 0.15) is 11.5 Å². The second-order valence-electron chi connectivity index (χ2n) is 6.87. The maximum absolute atomic E-state index is 5.31. The second-order valence-corrected chi connectivity index (χ2v) is 6.87. The first-order valence-electron chi connectivity index (χ1n) is 9.64. The van der Waals surface area contributed by atoms with Crippen LogP contribution < -0.4 is 14.5 Å². The molecule has 0 fully saturated rings. The Hall–Kier alpha value is -3.53. The number of nitrogens with zero attached hydrogens (tertiary/aromatic N) is 2. The maximum Gasteiger partial charge on any atom is 0.118 e. The van der Waals surface area contributed by atoms with Gasteiger partial charge in [-0.05, 0) is 53.6 Å². The third kappa shape index (κ3) is 4.32. The van der Waals surface area contributed by atoms with Crippen molar-refractivity contribution >= 4 is 17.5 Å². The van der Waals surface area contributed by atoms with Crippen LogP contribution >= 0.6 is 0 Å². The number of para-hydroxylation sites is 1. The molecule has 1 aliphatic heterocycles. The third-order valence-electron chi connectivity index (χ3n) is 5.08. The zero-order chi connectivity index (χ0) is 20.1. The molecule has 3 aromatic carbocycles. The molecule has 4 nitrogen and oxygen atoms in total. The van der Waals surface area contributed by atoms with E-state index < -0.39 is 0 Å². The quantitative estimate of drug-likeness (QED) is 0.572. The van der Waals surface area contributed by atoms with Gasteiger partial charge < -0.3 is 9.47 Å². The van der Waals surface area contributed by atoms with E-state index in [1.807, 2.05) is 54.6 Å². The van der Waals surface area contributed by atoms with E-state index in [0.29, 0.717) is 0 Å². The lowest BCUT2D eigenvalue weighted by molar-refractivity contribution is 0.414. The van der Waals surface area contributed by atoms with E-state index in [1.54, 1.807) is 14.2 Å². The van der Waals surface area contributed by atoms with Crippen LogP contribution in [-0.2, 0) is 0 Å². The minimum atomic E-state index is 0.190. The summed E-state index contributed by atoms with van der Waals surface area (Å²) in [4.78, 5) is 0. The van der Waals surface area contributed by atoms with Crippen LogP contribution in [0.3, 0.4) is 0 Å². The van der Waals surface area contributed by atoms with Gasteiger partial charge in [-0.1, -0.05) is 48.5 Å². The van der Waals surface area contributed by atoms with Crippen molar-refractivity contribution in [2.24, 2.45) is 5.10 Å². The van der Waals surface area contributed by atoms with Crippen molar-refractivity contribution in [1.29, 1.82) is 0 Å². The molecule has 0 radical (unpaired) electrons. The van der Waals surface area contributed by atoms with E-state index in [2.05, 4.69) is 41.4 Å². The van der Waals surface area contributed by atoms with Crippen LogP contribution in [0.15, 0.2) is 90.0 Å². The first-order chi connectivity index (χ1) is 14.3. The number of allylic oxidation sites excluding steroid dienone is 1. The van der Waals surface area contributed by atoms with Crippen LogP contribution in [0.5, 0.6) is 11.5 Å². The predicted molar refractivity (Wildman–Crippen MR) is 119 cm³/mol. The molecule has 0 amide bonds. The molecule has 0 saturated heterocycles. The van der Waals surface area contributed by atoms with Gasteiger partial charge in [-0.3, -0.25) is 5.01 Å². The van der Waals surface area contributed by atoms with E-state index in [9.17, 15) is 0 Å². The van der Waals surface area contributed by atoms with Crippen LogP contribution in [0, 0.1) is 0 Å². The summed E-state index contributed by atoms with van der Waals surface area (Å²) < 4.78 is 10.5. The van der Waals surface area contributed by atoms with Crippen LogP contribution in [0.25, 0.3) is 6.08 Å². The van der Waals surface area contributed by atoms with E-state index in [0.717, 1.165) is 35.0 Å². The van der Waals surface area contributed by atoms with Gasteiger partial charge in [0.15, 0.2) is 0 Å². The molecular formula is C25H24N2O2. The van der Waals surface area contributed by atoms with Crippen molar-refractivity contribution in [3.05, 3.63) is 96.1 Å². The zero-order valence-electron chi connectivity index (χ0n) is 16.7. The van der Waals surface area contributed by atoms with Crippen molar-refractivity contribution in [2.75, 3.05) is 25.8 Å². The highest BCUT2D eigenvalue weighted by molar-refractivity contribution is 6.05. The Morgan fingerprint density at radius 3 is 2.03 bits per heavy atom. The van der Waals surface area contributed by atoms with Crippen LogP contribution in [0.4, 0.5) is 5.69 Å². The molecule has 0 bridgehead atoms. The fourth-order valence-corrected chi connectivity index (χ4v) is 3.44. The molecule has 0 aliphatic carbocycles. The number of benzene rings is 3. The van der Waals surface area contributed by atoms with Crippen molar-refractivity contribution in [1.82, 2.24) is 0 Å². The average molecular weight is 384 g/mol. The molecule has 4 rings (SSSR count). The largest absolute Gasteiger partial charge is 0.497 e. The second kappa shape index (κ2) is 8.65. The fraction of sp³-hybridized carbons (Fsp3) is 0.160. The zero-order valence-corrected chi connectivity index (χ0v) is 16.7. The highest BCUT2D eigenvalue weighted by Crippen LogP contribution is 2.31. The average Bonchev–Trinajstić information content (AvgIpc) is 3.23. The molecule has 29 heavy (non-hydrogen) atoms. The summed E-state index contributed by atoms with van der Waals surface area (Å²) in [6.45, 7) is 0.804. The number of ether oxygens (including phenoxy) is 2. The van der Waals surface area contributed by atoms with Crippen LogP contribution in [-0.4, -0.2) is 26.5 Å². The minimum Gasteiger partial charge on any atom is -0.497 e. The van der Waals surface area contributed by atoms with E-state index in [4.69, 9.17) is 14.6 Å². The molecule has 1 atom stereocenters. The first-order valence-corrected chi connectivity index (χ1v) is 9.64. The summed E-state index contributed by atoms with van der Waals surface area (Å²) in [5.74, 6) is 1.90. The Morgan fingerprint density at radius 2 is 1.41 bits per heavy atom. The Balaban J connectivity index is 1.63. The number of rotatable bonds is 6. The minimum absolute atomic E-state index is 0.190. The van der Waals surface area contributed by atoms with Gasteiger partial charge in [-0.2, -0.15) is 5.10 Å². The lowest BCUT2D eigenvalue weighted by Crippen LogP contribution is -2.17. The van der Waals surface area contributed by atoms with E-state index in [1.165, 1.54) is 5.56 Å². The lowest BCUT2D eigenvalue weighted by atomic mass is 9.94. The number of anilines is 1. The molecule has 1 aliphatic rings. The summed E-state index contributed by atoms with van der Waals surface area (Å²) in [5.41, 5.74) is 4.47. The molecule has 0 aromatic heterocycles. The Morgan fingerprint density at radius 1 is 0.793 bits per heavy atom. The van der Waals surface area contributed by atoms with Crippen molar-refractivity contribution in [2.45, 2.75) is 5.92 Å². The van der Waals surface area contributed by atoms with Gasteiger partial charge in [0.25, 0.3) is 0 Å². The van der Waals surface area contributed by atoms with Gasteiger partial charge in [0, 0.05) is 5.92 Å². The number of hydrogen-bond acceptors (Lipinski definition) is 4. The molecule has 0 saturated carbocycles. The fourth-order valence-electron chi connectivity index (χ4n) is 3.44. The molecule has 4 heteroatoms. The summed E-state index contributed by atoms with van der Waals surface area (Å²) in [6, 6.07) is 26.5. The maximum atomic E-state index is 5.31. The third-order valence-corrected chi connectivity index (χ3v) is 5.08. The first kappa shape index (κ1) is 18.8. The summed E-state index contributed by atoms with van der Waals surface area (Å²) in [6.07, 6.45) is 4.21. The Kier molecular flexibility index (Phi) is 5.61. The summed E-state index contributed by atoms with van der Waals surface area (Å²) in [7, 11) is 3.36. The highest BCUT2D eigenvalue weighted by atomic mass is 16.5. The van der Waals surface area contributed by atoms with Gasteiger partial charge in [0.2, 0.25) is 0 Å². The monoisotopic (exact) mass is 384 g/mol. The molecule has 146 valence electrons. The normalized spacial score (nSPS) is 16.1. The molecule has 0 spiro atoms. The van der Waals surface area contributed by atoms with Crippen molar-refractivity contribution in [3.63, 3.8) is 0 Å². The van der Waals surface area contributed by atoms with E-state index in [-0.39, 0.29) is 5.92 Å². The standard InChI is InChI=1S/C25H24N2O2/c1-28-22-13-8-19(9-14-22)10-17-25-24(20-11-15-23(29-2)16-12-20)18-27(26-25)21-6-4-3-5-7-21/h3-17,24H,18H2,1-2H3/t24-/m1/s1. The van der Waals surface area contributed by atoms with Crippen molar-refractivity contribution < 1.29 is 9.47 Å². The highest BCUT2D eigenvalue weighted by Gasteiger charge is 2.27. The van der Waals surface area contributed by atoms with Gasteiger partial charge in [-0.25, -0.2) is 0 Å². The predicted octanol–water partition coefficient (Wildman–Crippen LogP) is 5.38. The van der Waals surface area contributed by atoms with Crippen LogP contribution in [0.1, 0.15) is 17.0 Å². The number of methoxy groups -OCH3 is 2. The molecule has 3 aromatic rings. The molecule has 1 heterocycles.